The van der Waals surface area contributed by atoms with Crippen LogP contribution in [0.1, 0.15) is 41.7 Å². The summed E-state index contributed by atoms with van der Waals surface area (Å²) in [5, 5.41) is 3.30. The molecule has 0 atom stereocenters. The summed E-state index contributed by atoms with van der Waals surface area (Å²) in [6, 6.07) is 23.7. The Bertz CT molecular complexity index is 955. The van der Waals surface area contributed by atoms with E-state index in [0.717, 1.165) is 0 Å². The second kappa shape index (κ2) is 11.1. The summed E-state index contributed by atoms with van der Waals surface area (Å²) in [5.41, 5.74) is 8.88. The fourth-order valence-corrected chi connectivity index (χ4v) is 3.43. The second-order valence-electron chi connectivity index (χ2n) is 6.45. The summed E-state index contributed by atoms with van der Waals surface area (Å²) < 4.78 is 1.24. The number of hydrogen-bond donors (Lipinski definition) is 1. The van der Waals surface area contributed by atoms with E-state index in [2.05, 4.69) is 98.0 Å². The van der Waals surface area contributed by atoms with Gasteiger partial charge in [0, 0.05) is 0 Å². The maximum absolute atomic E-state index is 3.30. The van der Waals surface area contributed by atoms with Crippen LogP contribution in [-0.2, 0) is 20.6 Å². The van der Waals surface area contributed by atoms with E-state index in [1.54, 1.807) is 20.6 Å². The van der Waals surface area contributed by atoms with Crippen LogP contribution in [0.3, 0.4) is 0 Å². The molecule has 0 amide bonds. The summed E-state index contributed by atoms with van der Waals surface area (Å²) in [4.78, 5) is 0. The summed E-state index contributed by atoms with van der Waals surface area (Å²) in [5.74, 6) is 0. The molecule has 0 aliphatic heterocycles. The number of aryl methyl sites for hydroxylation is 2. The second-order valence-corrected chi connectivity index (χ2v) is 7.55. The van der Waals surface area contributed by atoms with Gasteiger partial charge in [-0.2, -0.15) is 0 Å². The molecule has 0 radical (unpaired) electrons. The van der Waals surface area contributed by atoms with Gasteiger partial charge in [-0.1, -0.05) is 13.8 Å². The molecule has 0 spiro atoms. The van der Waals surface area contributed by atoms with Crippen LogP contribution < -0.4 is 5.32 Å². The molecule has 0 aliphatic rings. The molecule has 0 saturated heterocycles. The van der Waals surface area contributed by atoms with E-state index in [1.807, 2.05) is 20.9 Å². The zero-order valence-electron chi connectivity index (χ0n) is 17.5. The Labute approximate surface area is 181 Å². The predicted molar refractivity (Wildman–Crippen MR) is 121 cm³/mol. The molecule has 1 nitrogen and oxygen atoms in total. The van der Waals surface area contributed by atoms with E-state index in [9.17, 15) is 0 Å². The Morgan fingerprint density at radius 3 is 2.11 bits per heavy atom. The van der Waals surface area contributed by atoms with Crippen molar-refractivity contribution in [2.75, 3.05) is 7.05 Å². The topological polar surface area (TPSA) is 12.0 Å². The van der Waals surface area contributed by atoms with Crippen molar-refractivity contribution < 1.29 is 20.6 Å². The quantitative estimate of drug-likeness (QED) is 0.351. The Kier molecular flexibility index (Phi) is 8.82. The molecular formula is C26H29NNb. The van der Waals surface area contributed by atoms with Crippen molar-refractivity contribution in [3.05, 3.63) is 94.5 Å². The van der Waals surface area contributed by atoms with Crippen molar-refractivity contribution in [3.8, 4) is 11.1 Å². The first-order valence-electron chi connectivity index (χ1n) is 9.77. The molecule has 0 aliphatic carbocycles. The molecule has 0 saturated carbocycles. The molecule has 1 N–H and O–H groups in total. The normalized spacial score (nSPS) is 10.4. The van der Waals surface area contributed by atoms with Crippen LogP contribution in [-0.4, -0.2) is 10.9 Å². The van der Waals surface area contributed by atoms with E-state index in [1.165, 1.54) is 42.8 Å². The first kappa shape index (κ1) is 22.3. The third-order valence-corrected chi connectivity index (χ3v) is 5.75. The van der Waals surface area contributed by atoms with Gasteiger partial charge in [0.25, 0.3) is 0 Å². The molecule has 3 rings (SSSR count). The van der Waals surface area contributed by atoms with Crippen LogP contribution in [0.5, 0.6) is 0 Å². The molecule has 0 aromatic heterocycles. The molecular weight excluding hydrogens is 419 g/mol. The van der Waals surface area contributed by atoms with Gasteiger partial charge in [0.15, 0.2) is 0 Å². The van der Waals surface area contributed by atoms with Crippen LogP contribution in [0.4, 0.5) is 0 Å². The summed E-state index contributed by atoms with van der Waals surface area (Å²) >= 11 is 1.72. The molecule has 3 aromatic rings. The number of nitrogens with one attached hydrogen (secondary N) is 1. The van der Waals surface area contributed by atoms with Crippen LogP contribution >= 0.6 is 0 Å². The fourth-order valence-electron chi connectivity index (χ4n) is 2.95. The SMILES string of the molecule is CC.CN[C](=[Nb])c1cc(C)c(C)cc1/C=C/c1cccc(-c2ccccc2)c1. The van der Waals surface area contributed by atoms with E-state index < -0.39 is 0 Å². The molecule has 3 aromatic carbocycles. The van der Waals surface area contributed by atoms with Crippen LogP contribution in [0.2, 0.25) is 0 Å². The molecule has 0 heterocycles. The average Bonchev–Trinajstić information content (AvgIpc) is 2.76. The van der Waals surface area contributed by atoms with Gasteiger partial charge in [-0.05, 0) is 0 Å². The molecule has 2 heteroatoms. The summed E-state index contributed by atoms with van der Waals surface area (Å²) in [6.07, 6.45) is 4.43. The molecule has 28 heavy (non-hydrogen) atoms. The van der Waals surface area contributed by atoms with Gasteiger partial charge in [0.1, 0.15) is 0 Å². The third kappa shape index (κ3) is 5.73. The number of hydrogen-bond acceptors (Lipinski definition) is 1. The first-order chi connectivity index (χ1) is 13.6. The number of benzene rings is 3. The van der Waals surface area contributed by atoms with E-state index in [-0.39, 0.29) is 0 Å². The molecule has 0 bridgehead atoms. The predicted octanol–water partition coefficient (Wildman–Crippen LogP) is 6.41. The minimum absolute atomic E-state index is 1.21. The Morgan fingerprint density at radius 2 is 1.43 bits per heavy atom. The van der Waals surface area contributed by atoms with Crippen molar-refractivity contribution in [1.29, 1.82) is 0 Å². The number of rotatable bonds is 5. The van der Waals surface area contributed by atoms with Gasteiger partial charge in [-0.25, -0.2) is 0 Å². The Balaban J connectivity index is 0.00000136. The van der Waals surface area contributed by atoms with Crippen molar-refractivity contribution in [3.63, 3.8) is 0 Å². The standard InChI is InChI=1S/C24H23N.C2H6.Nb/c1-18-14-23(24(17-25-3)15-19(18)2)13-12-20-8-7-11-22(16-20)21-9-5-4-6-10-21;1-2;/h4-16,25H,1-3H3;1-2H3;/b13-12+;;. The Morgan fingerprint density at radius 1 is 0.786 bits per heavy atom. The van der Waals surface area contributed by atoms with Crippen LogP contribution in [0.15, 0.2) is 66.7 Å². The van der Waals surface area contributed by atoms with Crippen molar-refractivity contribution in [2.45, 2.75) is 27.7 Å². The molecule has 143 valence electrons. The van der Waals surface area contributed by atoms with Crippen molar-refractivity contribution >= 4 is 16.0 Å². The van der Waals surface area contributed by atoms with Gasteiger partial charge >= 0.3 is 168 Å². The fraction of sp³-hybridized carbons (Fsp3) is 0.192. The molecule has 0 unspecified atom stereocenters. The zero-order chi connectivity index (χ0) is 20.5. The van der Waals surface area contributed by atoms with E-state index in [4.69, 9.17) is 0 Å². The van der Waals surface area contributed by atoms with Crippen molar-refractivity contribution in [2.24, 2.45) is 0 Å². The average molecular weight is 448 g/mol. The first-order valence-corrected chi connectivity index (χ1v) is 10.9. The summed E-state index contributed by atoms with van der Waals surface area (Å²) in [7, 11) is 1.99. The van der Waals surface area contributed by atoms with Gasteiger partial charge in [-0.3, -0.25) is 0 Å². The minimum atomic E-state index is 1.21. The summed E-state index contributed by atoms with van der Waals surface area (Å²) in [6.45, 7) is 8.34. The van der Waals surface area contributed by atoms with E-state index >= 15 is 0 Å². The van der Waals surface area contributed by atoms with Gasteiger partial charge in [0.05, 0.1) is 0 Å². The zero-order valence-corrected chi connectivity index (χ0v) is 19.7. The Hall–Kier alpha value is -2.03. The van der Waals surface area contributed by atoms with Crippen LogP contribution in [0, 0.1) is 13.8 Å². The van der Waals surface area contributed by atoms with Crippen molar-refractivity contribution in [1.82, 2.24) is 5.32 Å². The van der Waals surface area contributed by atoms with Crippen LogP contribution in [0.25, 0.3) is 23.3 Å². The maximum atomic E-state index is 3.30. The monoisotopic (exact) mass is 448 g/mol. The van der Waals surface area contributed by atoms with Gasteiger partial charge in [0.2, 0.25) is 0 Å². The molecule has 0 fully saturated rings. The van der Waals surface area contributed by atoms with Gasteiger partial charge in [-0.15, -0.1) is 0 Å². The van der Waals surface area contributed by atoms with E-state index in [0.29, 0.717) is 0 Å². The third-order valence-electron chi connectivity index (χ3n) is 4.61. The van der Waals surface area contributed by atoms with Gasteiger partial charge < -0.3 is 0 Å².